The molecule has 1 fully saturated rings. The van der Waals surface area contributed by atoms with Crippen molar-refractivity contribution in [3.63, 3.8) is 0 Å². The lowest BCUT2D eigenvalue weighted by Crippen LogP contribution is -2.68. The average molecular weight is 328 g/mol. The van der Waals surface area contributed by atoms with Crippen LogP contribution in [0.25, 0.3) is 0 Å². The fourth-order valence-electron chi connectivity index (χ4n) is 2.57. The van der Waals surface area contributed by atoms with Gasteiger partial charge >= 0.3 is 0 Å². The van der Waals surface area contributed by atoms with Crippen molar-refractivity contribution in [1.82, 2.24) is 0 Å². The van der Waals surface area contributed by atoms with Crippen molar-refractivity contribution in [1.29, 1.82) is 0 Å². The van der Waals surface area contributed by atoms with E-state index in [-0.39, 0.29) is 6.42 Å². The molecule has 1 aromatic rings. The lowest BCUT2D eigenvalue weighted by atomic mass is 9.87. The molecule has 0 aliphatic carbocycles. The van der Waals surface area contributed by atoms with E-state index in [0.29, 0.717) is 17.9 Å². The average Bonchev–Trinajstić information content (AvgIpc) is 2.57. The van der Waals surface area contributed by atoms with E-state index < -0.39 is 43.1 Å². The third-order valence-electron chi connectivity index (χ3n) is 3.98. The number of rotatable bonds is 6. The summed E-state index contributed by atoms with van der Waals surface area (Å²) in [4.78, 5) is 0. The van der Waals surface area contributed by atoms with Gasteiger partial charge in [0.15, 0.2) is 5.79 Å². The summed E-state index contributed by atoms with van der Waals surface area (Å²) >= 11 is 0. The molecule has 6 N–H and O–H groups in total. The second-order valence-corrected chi connectivity index (χ2v) is 5.60. The van der Waals surface area contributed by atoms with Crippen molar-refractivity contribution >= 4 is 0 Å². The lowest BCUT2D eigenvalue weighted by Gasteiger charge is -2.46. The van der Waals surface area contributed by atoms with Crippen LogP contribution in [0.4, 0.5) is 0 Å². The summed E-state index contributed by atoms with van der Waals surface area (Å²) in [6.07, 6.45) is -5.13. The predicted octanol–water partition coefficient (Wildman–Crippen LogP) is -0.853. The van der Waals surface area contributed by atoms with Crippen molar-refractivity contribution in [2.75, 3.05) is 13.2 Å². The van der Waals surface area contributed by atoms with E-state index in [2.05, 4.69) is 0 Å². The number of nitrogens with two attached hydrogens (primary N) is 1. The van der Waals surface area contributed by atoms with Gasteiger partial charge < -0.3 is 35.6 Å². The van der Waals surface area contributed by atoms with Gasteiger partial charge in [-0.3, -0.25) is 0 Å². The molecule has 0 aromatic heterocycles. The molecule has 6 atom stereocenters. The Morgan fingerprint density at radius 3 is 2.52 bits per heavy atom. The highest BCUT2D eigenvalue weighted by Gasteiger charge is 2.50. The van der Waals surface area contributed by atoms with E-state index in [1.54, 1.807) is 24.3 Å². The van der Waals surface area contributed by atoms with E-state index in [4.69, 9.17) is 16.6 Å². The normalized spacial score (nSPS) is 36.3. The van der Waals surface area contributed by atoms with Gasteiger partial charge in [-0.15, -0.1) is 0 Å². The second-order valence-electron chi connectivity index (χ2n) is 5.60. The number of hydrogen-bond acceptors (Lipinski definition) is 7. The zero-order valence-electron chi connectivity index (χ0n) is 14.0. The molecule has 130 valence electrons. The van der Waals surface area contributed by atoms with Crippen LogP contribution in [0.15, 0.2) is 24.3 Å². The molecule has 0 spiro atoms. The van der Waals surface area contributed by atoms with E-state index in [0.717, 1.165) is 0 Å². The molecule has 0 radical (unpaired) electrons. The van der Waals surface area contributed by atoms with Gasteiger partial charge in [-0.25, -0.2) is 0 Å². The van der Waals surface area contributed by atoms with Gasteiger partial charge in [0.25, 0.3) is 0 Å². The molecule has 7 heteroatoms. The van der Waals surface area contributed by atoms with Gasteiger partial charge in [0.05, 0.1) is 19.3 Å². The van der Waals surface area contributed by atoms with Crippen molar-refractivity contribution in [3.8, 4) is 5.75 Å². The molecule has 0 bridgehead atoms. The second kappa shape index (κ2) is 7.57. The molecule has 1 saturated heterocycles. The van der Waals surface area contributed by atoms with Crippen LogP contribution in [0.1, 0.15) is 20.3 Å². The van der Waals surface area contributed by atoms with E-state index in [1.165, 1.54) is 0 Å². The van der Waals surface area contributed by atoms with Crippen LogP contribution >= 0.6 is 0 Å². The molecule has 0 saturated carbocycles. The summed E-state index contributed by atoms with van der Waals surface area (Å²) in [6, 6.07) is 5.55. The maximum absolute atomic E-state index is 10.6. The number of hydrogen-bond donors (Lipinski definition) is 5. The molecule has 1 aromatic carbocycles. The predicted molar refractivity (Wildman–Crippen MR) is 82.8 cm³/mol. The molecule has 2 unspecified atom stereocenters. The summed E-state index contributed by atoms with van der Waals surface area (Å²) in [6.45, 7) is 1.82. The maximum Gasteiger partial charge on any atom is 0.184 e. The highest BCUT2D eigenvalue weighted by molar-refractivity contribution is 5.27. The number of aliphatic hydroxyl groups is 4. The topological polar surface area (TPSA) is 125 Å². The summed E-state index contributed by atoms with van der Waals surface area (Å²) in [5, 5.41) is 39.6. The first kappa shape index (κ1) is 16.6. The van der Waals surface area contributed by atoms with Gasteiger partial charge in [0.1, 0.15) is 24.1 Å². The SMILES string of the molecule is [2H]C(CC1(O)O[C@H](CO)[C@@H](O)[C@H](O)[C@H]1N)c1ccc(OCC)cc1. The summed E-state index contributed by atoms with van der Waals surface area (Å²) in [5.41, 5.74) is 6.40. The molecule has 1 heterocycles. The van der Waals surface area contributed by atoms with E-state index in [9.17, 15) is 20.4 Å². The highest BCUT2D eigenvalue weighted by atomic mass is 16.6. The largest absolute Gasteiger partial charge is 0.494 e. The van der Waals surface area contributed by atoms with Crippen molar-refractivity contribution in [3.05, 3.63) is 29.8 Å². The first-order chi connectivity index (χ1) is 11.3. The van der Waals surface area contributed by atoms with Crippen molar-refractivity contribution in [2.45, 2.75) is 49.9 Å². The number of aliphatic hydroxyl groups excluding tert-OH is 3. The first-order valence-electron chi connectivity index (χ1n) is 8.18. The molecule has 23 heavy (non-hydrogen) atoms. The minimum Gasteiger partial charge on any atom is -0.494 e. The van der Waals surface area contributed by atoms with Gasteiger partial charge in [-0.2, -0.15) is 0 Å². The van der Waals surface area contributed by atoms with Gasteiger partial charge in [-0.1, -0.05) is 12.1 Å². The first-order valence-corrected chi connectivity index (χ1v) is 7.60. The molecule has 2 rings (SSSR count). The quantitative estimate of drug-likeness (QED) is 0.460. The molecule has 7 nitrogen and oxygen atoms in total. The maximum atomic E-state index is 10.6. The van der Waals surface area contributed by atoms with Crippen LogP contribution in [-0.4, -0.2) is 63.8 Å². The monoisotopic (exact) mass is 328 g/mol. The Morgan fingerprint density at radius 1 is 1.30 bits per heavy atom. The minimum atomic E-state index is -2.03. The van der Waals surface area contributed by atoms with Gasteiger partial charge in [-0.05, 0) is 31.0 Å². The summed E-state index contributed by atoms with van der Waals surface area (Å²) in [7, 11) is 0. The Balaban J connectivity index is 2.12. The number of benzene rings is 1. The fourth-order valence-corrected chi connectivity index (χ4v) is 2.57. The number of ether oxygens (including phenoxy) is 2. The summed E-state index contributed by atoms with van der Waals surface area (Å²) in [5.74, 6) is -1.35. The third kappa shape index (κ3) is 4.00. The van der Waals surface area contributed by atoms with Crippen LogP contribution in [0.2, 0.25) is 0 Å². The fraction of sp³-hybridized carbons (Fsp3) is 0.625. The van der Waals surface area contributed by atoms with E-state index >= 15 is 0 Å². The van der Waals surface area contributed by atoms with Crippen molar-refractivity contribution in [2.24, 2.45) is 5.73 Å². The third-order valence-corrected chi connectivity index (χ3v) is 3.98. The Labute approximate surface area is 136 Å². The van der Waals surface area contributed by atoms with Crippen LogP contribution in [0, 0.1) is 0 Å². The van der Waals surface area contributed by atoms with Crippen LogP contribution in [0.5, 0.6) is 5.75 Å². The molecular weight excluding hydrogens is 302 g/mol. The minimum absolute atomic E-state index is 0.220. The Bertz CT molecular complexity index is 528. The van der Waals surface area contributed by atoms with Gasteiger partial charge in [0.2, 0.25) is 0 Å². The summed E-state index contributed by atoms with van der Waals surface area (Å²) < 4.78 is 18.9. The van der Waals surface area contributed by atoms with Crippen LogP contribution in [-0.2, 0) is 11.1 Å². The highest BCUT2D eigenvalue weighted by Crippen LogP contribution is 2.30. The Morgan fingerprint density at radius 2 is 1.96 bits per heavy atom. The lowest BCUT2D eigenvalue weighted by molar-refractivity contribution is -0.316. The molecule has 1 aliphatic rings. The van der Waals surface area contributed by atoms with Crippen molar-refractivity contribution < 1.29 is 31.3 Å². The zero-order chi connectivity index (χ0) is 17.9. The smallest absolute Gasteiger partial charge is 0.184 e. The Hall–Kier alpha value is -1.22. The molecule has 0 amide bonds. The van der Waals surface area contributed by atoms with Gasteiger partial charge in [0, 0.05) is 7.79 Å². The standard InChI is InChI=1S/C16H25NO6/c1-2-22-11-5-3-10(4-6-11)7-8-16(21)15(17)14(20)13(19)12(9-18)23-16/h3-6,12-15,18-21H,2,7-9,17H2,1H3/t12-,13-,14+,15-,16?/m1/s1/i7D/t7?,12-,13-,14+,15-,16?. The number of aryl methyl sites for hydroxylation is 1. The molecule has 1 aliphatic heterocycles. The Kier molecular flexibility index (Phi) is 5.47. The van der Waals surface area contributed by atoms with Crippen LogP contribution in [0.3, 0.4) is 0 Å². The zero-order valence-corrected chi connectivity index (χ0v) is 13.0. The van der Waals surface area contributed by atoms with E-state index in [1.807, 2.05) is 6.92 Å². The van der Waals surface area contributed by atoms with Crippen LogP contribution < -0.4 is 10.5 Å². The molecular formula is C16H25NO6.